The maximum atomic E-state index is 6.15. The van der Waals surface area contributed by atoms with E-state index in [2.05, 4.69) is 60.6 Å². The standard InChI is InChI=1S/C21H23Cl2N2O/c1-4-24(5-2)16-10-7-15(8-11-16)9-12-21-25(6-3)19-13-17(22)18(23)14-20(19)26-21/h7-14H,4-6H2,1-3H3/q+1. The second-order valence-electron chi connectivity index (χ2n) is 6.02. The number of nitrogens with zero attached hydrogens (tertiary/aromatic N) is 2. The molecule has 0 aliphatic rings. The summed E-state index contributed by atoms with van der Waals surface area (Å²) >= 11 is 12.3. The molecular formula is C21H23Cl2N2O+. The Morgan fingerprint density at radius 3 is 2.23 bits per heavy atom. The summed E-state index contributed by atoms with van der Waals surface area (Å²) in [7, 11) is 0. The molecule has 3 aromatic rings. The lowest BCUT2D eigenvalue weighted by Crippen LogP contribution is -2.33. The molecule has 0 N–H and O–H groups in total. The second kappa shape index (κ2) is 8.15. The summed E-state index contributed by atoms with van der Waals surface area (Å²) < 4.78 is 8.05. The zero-order valence-corrected chi connectivity index (χ0v) is 16.8. The van der Waals surface area contributed by atoms with E-state index >= 15 is 0 Å². The number of aryl methyl sites for hydroxylation is 1. The number of halogens is 2. The SMILES string of the molecule is CCN(CC)c1ccc(C=Cc2oc3cc(Cl)c(Cl)cc3[n+]2CC)cc1. The first-order valence-corrected chi connectivity index (χ1v) is 9.67. The fourth-order valence-corrected chi connectivity index (χ4v) is 3.41. The van der Waals surface area contributed by atoms with Crippen LogP contribution in [0, 0.1) is 0 Å². The van der Waals surface area contributed by atoms with Crippen LogP contribution in [-0.4, -0.2) is 13.1 Å². The first-order valence-electron chi connectivity index (χ1n) is 8.91. The third kappa shape index (κ3) is 3.74. The van der Waals surface area contributed by atoms with Crippen molar-refractivity contribution in [2.24, 2.45) is 0 Å². The Balaban J connectivity index is 1.90. The second-order valence-corrected chi connectivity index (χ2v) is 6.83. The van der Waals surface area contributed by atoms with Gasteiger partial charge in [0.1, 0.15) is 6.54 Å². The lowest BCUT2D eigenvalue weighted by atomic mass is 10.2. The summed E-state index contributed by atoms with van der Waals surface area (Å²) in [5, 5.41) is 1.03. The maximum Gasteiger partial charge on any atom is 0.374 e. The Hall–Kier alpha value is -1.97. The quantitative estimate of drug-likeness (QED) is 0.477. The Kier molecular flexibility index (Phi) is 5.90. The summed E-state index contributed by atoms with van der Waals surface area (Å²) in [6.07, 6.45) is 4.04. The fourth-order valence-electron chi connectivity index (χ4n) is 3.10. The topological polar surface area (TPSA) is 20.3 Å². The smallest absolute Gasteiger partial charge is 0.374 e. The number of oxazole rings is 1. The van der Waals surface area contributed by atoms with Crippen molar-refractivity contribution in [2.75, 3.05) is 18.0 Å². The van der Waals surface area contributed by atoms with Crippen LogP contribution in [0.4, 0.5) is 5.69 Å². The van der Waals surface area contributed by atoms with Crippen LogP contribution in [-0.2, 0) is 6.54 Å². The Morgan fingerprint density at radius 2 is 1.62 bits per heavy atom. The van der Waals surface area contributed by atoms with Crippen LogP contribution < -0.4 is 9.47 Å². The van der Waals surface area contributed by atoms with E-state index in [4.69, 9.17) is 27.6 Å². The van der Waals surface area contributed by atoms with E-state index in [1.165, 1.54) is 5.69 Å². The molecule has 0 atom stereocenters. The first-order chi connectivity index (χ1) is 12.6. The van der Waals surface area contributed by atoms with Crippen molar-refractivity contribution in [1.82, 2.24) is 0 Å². The Bertz CT molecular complexity index is 925. The van der Waals surface area contributed by atoms with Gasteiger partial charge in [0.2, 0.25) is 5.58 Å². The van der Waals surface area contributed by atoms with E-state index in [0.29, 0.717) is 10.0 Å². The van der Waals surface area contributed by atoms with Crippen LogP contribution in [0.5, 0.6) is 0 Å². The molecule has 136 valence electrons. The Labute approximate surface area is 164 Å². The summed E-state index contributed by atoms with van der Waals surface area (Å²) in [4.78, 5) is 2.32. The molecular weight excluding hydrogens is 367 g/mol. The van der Waals surface area contributed by atoms with E-state index in [1.807, 2.05) is 12.1 Å². The molecule has 1 heterocycles. The number of benzene rings is 2. The first kappa shape index (κ1) is 18.8. The van der Waals surface area contributed by atoms with E-state index in [1.54, 1.807) is 6.07 Å². The van der Waals surface area contributed by atoms with Crippen molar-refractivity contribution in [1.29, 1.82) is 0 Å². The Morgan fingerprint density at radius 1 is 0.962 bits per heavy atom. The van der Waals surface area contributed by atoms with Gasteiger partial charge in [-0.1, -0.05) is 35.3 Å². The highest BCUT2D eigenvalue weighted by molar-refractivity contribution is 6.42. The van der Waals surface area contributed by atoms with Gasteiger partial charge < -0.3 is 9.32 Å². The van der Waals surface area contributed by atoms with E-state index in [0.717, 1.165) is 42.2 Å². The molecule has 0 fully saturated rings. The molecule has 3 rings (SSSR count). The molecule has 0 saturated carbocycles. The van der Waals surface area contributed by atoms with Gasteiger partial charge in [-0.05, 0) is 44.5 Å². The number of hydrogen-bond acceptors (Lipinski definition) is 2. The van der Waals surface area contributed by atoms with Crippen molar-refractivity contribution in [3.05, 3.63) is 57.9 Å². The predicted molar refractivity (Wildman–Crippen MR) is 111 cm³/mol. The molecule has 5 heteroatoms. The van der Waals surface area contributed by atoms with Crippen LogP contribution in [0.3, 0.4) is 0 Å². The third-order valence-electron chi connectivity index (χ3n) is 4.53. The number of rotatable bonds is 6. The minimum Gasteiger partial charge on any atom is -0.398 e. The van der Waals surface area contributed by atoms with Crippen molar-refractivity contribution in [3.8, 4) is 0 Å². The van der Waals surface area contributed by atoms with Crippen molar-refractivity contribution in [2.45, 2.75) is 27.3 Å². The summed E-state index contributed by atoms with van der Waals surface area (Å²) in [5.41, 5.74) is 4.04. The van der Waals surface area contributed by atoms with Crippen LogP contribution in [0.15, 0.2) is 40.8 Å². The monoisotopic (exact) mass is 389 g/mol. The lowest BCUT2D eigenvalue weighted by Gasteiger charge is -2.20. The molecule has 3 nitrogen and oxygen atoms in total. The largest absolute Gasteiger partial charge is 0.398 e. The molecule has 0 unspecified atom stereocenters. The highest BCUT2D eigenvalue weighted by atomic mass is 35.5. The van der Waals surface area contributed by atoms with Crippen LogP contribution in [0.25, 0.3) is 23.3 Å². The van der Waals surface area contributed by atoms with Crippen molar-refractivity contribution < 1.29 is 8.98 Å². The van der Waals surface area contributed by atoms with Gasteiger partial charge in [-0.15, -0.1) is 0 Å². The van der Waals surface area contributed by atoms with Gasteiger partial charge in [-0.25, -0.2) is 0 Å². The van der Waals surface area contributed by atoms with Gasteiger partial charge in [0.25, 0.3) is 5.52 Å². The van der Waals surface area contributed by atoms with Crippen LogP contribution >= 0.6 is 23.2 Å². The lowest BCUT2D eigenvalue weighted by molar-refractivity contribution is -0.674. The van der Waals surface area contributed by atoms with Gasteiger partial charge in [0.05, 0.1) is 16.1 Å². The van der Waals surface area contributed by atoms with Crippen molar-refractivity contribution >= 4 is 52.1 Å². The van der Waals surface area contributed by atoms with E-state index in [-0.39, 0.29) is 0 Å². The molecule has 26 heavy (non-hydrogen) atoms. The zero-order chi connectivity index (χ0) is 18.7. The molecule has 0 bridgehead atoms. The number of aromatic nitrogens is 1. The average Bonchev–Trinajstić information content (AvgIpc) is 2.98. The normalized spacial score (nSPS) is 11.6. The number of hydrogen-bond donors (Lipinski definition) is 0. The van der Waals surface area contributed by atoms with Gasteiger partial charge in [-0.2, -0.15) is 4.57 Å². The minimum absolute atomic E-state index is 0.499. The predicted octanol–water partition coefficient (Wildman–Crippen LogP) is 6.06. The zero-order valence-electron chi connectivity index (χ0n) is 15.3. The summed E-state index contributed by atoms with van der Waals surface area (Å²) in [6, 6.07) is 12.2. The fraction of sp³-hybridized carbons (Fsp3) is 0.286. The number of anilines is 1. The summed E-state index contributed by atoms with van der Waals surface area (Å²) in [6.45, 7) is 9.21. The third-order valence-corrected chi connectivity index (χ3v) is 5.25. The molecule has 0 aliphatic carbocycles. The van der Waals surface area contributed by atoms with Crippen LogP contribution in [0.2, 0.25) is 10.0 Å². The van der Waals surface area contributed by atoms with Gasteiger partial charge in [0, 0.05) is 30.9 Å². The summed E-state index contributed by atoms with van der Waals surface area (Å²) in [5.74, 6) is 0.772. The van der Waals surface area contributed by atoms with Crippen LogP contribution in [0.1, 0.15) is 32.2 Å². The van der Waals surface area contributed by atoms with E-state index < -0.39 is 0 Å². The van der Waals surface area contributed by atoms with Gasteiger partial charge >= 0.3 is 5.89 Å². The molecule has 1 aromatic heterocycles. The highest BCUT2D eigenvalue weighted by Crippen LogP contribution is 2.28. The molecule has 0 saturated heterocycles. The molecule has 0 radical (unpaired) electrons. The van der Waals surface area contributed by atoms with Gasteiger partial charge in [0.15, 0.2) is 0 Å². The van der Waals surface area contributed by atoms with Gasteiger partial charge in [-0.3, -0.25) is 0 Å². The molecule has 0 aliphatic heterocycles. The minimum atomic E-state index is 0.499. The molecule has 2 aromatic carbocycles. The molecule has 0 amide bonds. The van der Waals surface area contributed by atoms with E-state index in [9.17, 15) is 0 Å². The molecule has 0 spiro atoms. The van der Waals surface area contributed by atoms with Crippen molar-refractivity contribution in [3.63, 3.8) is 0 Å². The number of fused-ring (bicyclic) bond motifs is 1. The maximum absolute atomic E-state index is 6.15. The average molecular weight is 390 g/mol. The highest BCUT2D eigenvalue weighted by Gasteiger charge is 2.20.